The molecule has 1 aliphatic rings. The molecule has 2 amide bonds. The molecule has 2 atom stereocenters. The van der Waals surface area contributed by atoms with Gasteiger partial charge in [-0.25, -0.2) is 0 Å². The summed E-state index contributed by atoms with van der Waals surface area (Å²) >= 11 is 0. The fourth-order valence-corrected chi connectivity index (χ4v) is 1.73. The molecule has 0 aromatic rings. The normalized spacial score (nSPS) is 27.1. The third-order valence-corrected chi connectivity index (χ3v) is 3.02. The number of hydrogen-bond acceptors (Lipinski definition) is 6. The van der Waals surface area contributed by atoms with Crippen LogP contribution in [0, 0.1) is 0 Å². The van der Waals surface area contributed by atoms with E-state index in [1.807, 2.05) is 0 Å². The van der Waals surface area contributed by atoms with Crippen molar-refractivity contribution < 1.29 is 19.2 Å². The van der Waals surface area contributed by atoms with Gasteiger partial charge in [-0.15, -0.1) is 0 Å². The number of hydrogen-bond donors (Lipinski definition) is 4. The highest BCUT2D eigenvalue weighted by Gasteiger charge is 2.18. The molecule has 1 aliphatic heterocycles. The zero-order valence-corrected chi connectivity index (χ0v) is 11.2. The average Bonchev–Trinajstić information content (AvgIpc) is 2.44. The van der Waals surface area contributed by atoms with Gasteiger partial charge in [0.2, 0.25) is 11.8 Å². The van der Waals surface area contributed by atoms with E-state index in [1.54, 1.807) is 0 Å². The van der Waals surface area contributed by atoms with Crippen LogP contribution in [-0.2, 0) is 19.2 Å². The molecule has 0 aromatic carbocycles. The summed E-state index contributed by atoms with van der Waals surface area (Å²) in [5, 5.41) is 7.80. The lowest BCUT2D eigenvalue weighted by atomic mass is 10.1. The first kappa shape index (κ1) is 16.3. The number of aldehydes is 1. The van der Waals surface area contributed by atoms with E-state index in [4.69, 9.17) is 5.73 Å². The SMILES string of the molecule is NC1CCC(=O)NCC(=O)NCCC(C=O)NCC1=O. The lowest BCUT2D eigenvalue weighted by molar-refractivity contribution is -0.126. The minimum absolute atomic E-state index is 0.0276. The average molecular weight is 284 g/mol. The van der Waals surface area contributed by atoms with Gasteiger partial charge in [-0.3, -0.25) is 14.4 Å². The maximum Gasteiger partial charge on any atom is 0.239 e. The number of Topliss-reactive ketones (excluding diaryl/α,β-unsaturated/α-hetero) is 1. The largest absolute Gasteiger partial charge is 0.354 e. The molecule has 8 nitrogen and oxygen atoms in total. The van der Waals surface area contributed by atoms with Gasteiger partial charge in [0.25, 0.3) is 0 Å². The molecular formula is C12H20N4O4. The Hall–Kier alpha value is -1.80. The zero-order valence-electron chi connectivity index (χ0n) is 11.2. The monoisotopic (exact) mass is 284 g/mol. The van der Waals surface area contributed by atoms with Crippen LogP contribution in [0.2, 0.25) is 0 Å². The molecule has 0 aliphatic carbocycles. The van der Waals surface area contributed by atoms with Crippen LogP contribution < -0.4 is 21.7 Å². The van der Waals surface area contributed by atoms with Crippen LogP contribution in [0.5, 0.6) is 0 Å². The van der Waals surface area contributed by atoms with E-state index in [0.29, 0.717) is 12.7 Å². The Morgan fingerprint density at radius 1 is 1.05 bits per heavy atom. The molecule has 0 saturated carbocycles. The Morgan fingerprint density at radius 3 is 2.50 bits per heavy atom. The molecule has 2 unspecified atom stereocenters. The fraction of sp³-hybridized carbons (Fsp3) is 0.667. The molecule has 1 heterocycles. The number of amides is 2. The predicted molar refractivity (Wildman–Crippen MR) is 70.7 cm³/mol. The summed E-state index contributed by atoms with van der Waals surface area (Å²) in [6.07, 6.45) is 1.35. The maximum absolute atomic E-state index is 11.7. The molecule has 20 heavy (non-hydrogen) atoms. The lowest BCUT2D eigenvalue weighted by Gasteiger charge is -2.16. The molecule has 5 N–H and O–H groups in total. The minimum atomic E-state index is -0.752. The highest BCUT2D eigenvalue weighted by Crippen LogP contribution is 1.97. The molecule has 0 aromatic heterocycles. The highest BCUT2D eigenvalue weighted by molar-refractivity contribution is 5.87. The second-order valence-electron chi connectivity index (χ2n) is 4.65. The molecule has 8 heteroatoms. The van der Waals surface area contributed by atoms with Crippen molar-refractivity contribution in [2.45, 2.75) is 31.3 Å². The number of carbonyl (C=O) groups is 4. The van der Waals surface area contributed by atoms with Crippen molar-refractivity contribution in [2.24, 2.45) is 5.73 Å². The van der Waals surface area contributed by atoms with Crippen molar-refractivity contribution in [2.75, 3.05) is 19.6 Å². The molecule has 112 valence electrons. The molecule has 1 fully saturated rings. The summed E-state index contributed by atoms with van der Waals surface area (Å²) in [7, 11) is 0. The molecule has 1 saturated heterocycles. The standard InChI is InChI=1S/C12H20N4O4/c13-9-1-2-11(19)16-6-12(20)14-4-3-8(7-17)15-5-10(9)18/h7-9,15H,1-6,13H2,(H,14,20)(H,16,19). The molecule has 0 bridgehead atoms. The van der Waals surface area contributed by atoms with E-state index >= 15 is 0 Å². The maximum atomic E-state index is 11.7. The van der Waals surface area contributed by atoms with Crippen molar-refractivity contribution in [3.63, 3.8) is 0 Å². The van der Waals surface area contributed by atoms with Gasteiger partial charge in [0, 0.05) is 13.0 Å². The van der Waals surface area contributed by atoms with Gasteiger partial charge < -0.3 is 26.5 Å². The second-order valence-corrected chi connectivity index (χ2v) is 4.65. The first-order valence-electron chi connectivity index (χ1n) is 6.53. The van der Waals surface area contributed by atoms with Gasteiger partial charge in [0.05, 0.1) is 25.2 Å². The van der Waals surface area contributed by atoms with Crippen molar-refractivity contribution in [3.05, 3.63) is 0 Å². The van der Waals surface area contributed by atoms with E-state index in [-0.39, 0.29) is 50.1 Å². The summed E-state index contributed by atoms with van der Waals surface area (Å²) in [4.78, 5) is 45.4. The van der Waals surface area contributed by atoms with E-state index in [2.05, 4.69) is 16.0 Å². The van der Waals surface area contributed by atoms with Crippen LogP contribution in [-0.4, -0.2) is 55.6 Å². The highest BCUT2D eigenvalue weighted by atomic mass is 16.2. The van der Waals surface area contributed by atoms with Crippen LogP contribution in [0.1, 0.15) is 19.3 Å². The van der Waals surface area contributed by atoms with E-state index < -0.39 is 12.1 Å². The molecule has 0 spiro atoms. The Kier molecular flexibility index (Phi) is 6.82. The molecular weight excluding hydrogens is 264 g/mol. The Balaban J connectivity index is 2.60. The van der Waals surface area contributed by atoms with Gasteiger partial charge in [-0.1, -0.05) is 0 Å². The van der Waals surface area contributed by atoms with Crippen LogP contribution in [0.15, 0.2) is 0 Å². The van der Waals surface area contributed by atoms with Crippen LogP contribution in [0.4, 0.5) is 0 Å². The summed E-state index contributed by atoms with van der Waals surface area (Å²) in [5.74, 6) is -0.884. The van der Waals surface area contributed by atoms with Crippen LogP contribution >= 0.6 is 0 Å². The lowest BCUT2D eigenvalue weighted by Crippen LogP contribution is -2.45. The number of nitrogens with one attached hydrogen (secondary N) is 3. The van der Waals surface area contributed by atoms with Crippen LogP contribution in [0.25, 0.3) is 0 Å². The first-order chi connectivity index (χ1) is 9.52. The smallest absolute Gasteiger partial charge is 0.239 e. The zero-order chi connectivity index (χ0) is 15.0. The Labute approximate surface area is 116 Å². The quantitative estimate of drug-likeness (QED) is 0.392. The first-order valence-corrected chi connectivity index (χ1v) is 6.53. The summed E-state index contributed by atoms with van der Waals surface area (Å²) < 4.78 is 0. The van der Waals surface area contributed by atoms with Crippen LogP contribution in [0.3, 0.4) is 0 Å². The Morgan fingerprint density at radius 2 is 1.80 bits per heavy atom. The Bertz CT molecular complexity index is 386. The van der Waals surface area contributed by atoms with Crippen molar-refractivity contribution in [3.8, 4) is 0 Å². The van der Waals surface area contributed by atoms with Crippen molar-refractivity contribution in [1.82, 2.24) is 16.0 Å². The van der Waals surface area contributed by atoms with Gasteiger partial charge in [-0.05, 0) is 12.8 Å². The van der Waals surface area contributed by atoms with Gasteiger partial charge in [-0.2, -0.15) is 0 Å². The molecule has 1 rings (SSSR count). The van der Waals surface area contributed by atoms with Gasteiger partial charge in [0.1, 0.15) is 6.29 Å². The number of carbonyl (C=O) groups excluding carboxylic acids is 4. The minimum Gasteiger partial charge on any atom is -0.354 e. The molecule has 0 radical (unpaired) electrons. The van der Waals surface area contributed by atoms with Gasteiger partial charge >= 0.3 is 0 Å². The second kappa shape index (κ2) is 8.39. The fourth-order valence-electron chi connectivity index (χ4n) is 1.73. The van der Waals surface area contributed by atoms with Gasteiger partial charge in [0.15, 0.2) is 5.78 Å². The number of rotatable bonds is 1. The predicted octanol–water partition coefficient (Wildman–Crippen LogP) is -2.54. The van der Waals surface area contributed by atoms with E-state index in [0.717, 1.165) is 0 Å². The third-order valence-electron chi connectivity index (χ3n) is 3.02. The van der Waals surface area contributed by atoms with E-state index in [9.17, 15) is 19.2 Å². The van der Waals surface area contributed by atoms with Crippen molar-refractivity contribution in [1.29, 1.82) is 0 Å². The van der Waals surface area contributed by atoms with Crippen molar-refractivity contribution >= 4 is 23.9 Å². The summed E-state index contributed by atoms with van der Waals surface area (Å²) in [6.45, 7) is 0.132. The number of ketones is 1. The summed E-state index contributed by atoms with van der Waals surface area (Å²) in [5.41, 5.74) is 5.67. The van der Waals surface area contributed by atoms with E-state index in [1.165, 1.54) is 0 Å². The summed E-state index contributed by atoms with van der Waals surface area (Å²) in [6, 6.07) is -1.26. The topological polar surface area (TPSA) is 130 Å². The third kappa shape index (κ3) is 5.89. The number of nitrogens with two attached hydrogens (primary N) is 1.